The zero-order valence-corrected chi connectivity index (χ0v) is 11.7. The molecule has 17 heavy (non-hydrogen) atoms. The maximum Gasteiger partial charge on any atom is 0.0628 e. The van der Waals surface area contributed by atoms with Crippen LogP contribution in [0.5, 0.6) is 0 Å². The predicted octanol–water partition coefficient (Wildman–Crippen LogP) is 0.639. The van der Waals surface area contributed by atoms with Gasteiger partial charge >= 0.3 is 0 Å². The Kier molecular flexibility index (Phi) is 7.77. The number of rotatable bonds is 8. The lowest BCUT2D eigenvalue weighted by molar-refractivity contribution is 0.0985. The molecule has 1 aliphatic heterocycles. The molecule has 4 heteroatoms. The van der Waals surface area contributed by atoms with Crippen LogP contribution in [0.1, 0.15) is 20.3 Å². The molecule has 1 aliphatic rings. The second-order valence-electron chi connectivity index (χ2n) is 4.85. The molecule has 0 aliphatic carbocycles. The van der Waals surface area contributed by atoms with Crippen LogP contribution in [0.25, 0.3) is 0 Å². The van der Waals surface area contributed by atoms with E-state index in [1.54, 1.807) is 7.11 Å². The van der Waals surface area contributed by atoms with Crippen LogP contribution in [0.4, 0.5) is 0 Å². The third-order valence-corrected chi connectivity index (χ3v) is 3.34. The average Bonchev–Trinajstić information content (AvgIpc) is 2.33. The Bertz CT molecular complexity index is 176. The number of ether oxygens (including phenoxy) is 1. The molecule has 0 saturated carbocycles. The van der Waals surface area contributed by atoms with E-state index in [1.165, 1.54) is 39.1 Å². The third-order valence-electron chi connectivity index (χ3n) is 3.34. The number of likely N-dealkylation sites (N-methyl/N-ethyl adjacent to an activating group) is 1. The van der Waals surface area contributed by atoms with Crippen molar-refractivity contribution in [2.75, 3.05) is 59.5 Å². The van der Waals surface area contributed by atoms with Gasteiger partial charge in [0.2, 0.25) is 0 Å². The highest BCUT2D eigenvalue weighted by Crippen LogP contribution is 2.03. The maximum absolute atomic E-state index is 5.26. The minimum absolute atomic E-state index is 0.475. The predicted molar refractivity (Wildman–Crippen MR) is 72.5 cm³/mol. The molecular weight excluding hydrogens is 214 g/mol. The molecule has 1 N–H and O–H groups in total. The molecule has 0 bridgehead atoms. The average molecular weight is 243 g/mol. The Labute approximate surface area is 106 Å². The van der Waals surface area contributed by atoms with E-state index in [4.69, 9.17) is 4.74 Å². The van der Waals surface area contributed by atoms with E-state index in [0.29, 0.717) is 6.04 Å². The molecule has 0 aromatic heterocycles. The molecule has 4 nitrogen and oxygen atoms in total. The Hall–Kier alpha value is -0.160. The first-order chi connectivity index (χ1) is 8.30. The minimum Gasteiger partial charge on any atom is -0.383 e. The van der Waals surface area contributed by atoms with Crippen LogP contribution in [-0.2, 0) is 4.74 Å². The standard InChI is InChI=1S/C13H29N3O/c1-4-6-15-7-9-16(10-8-15)11-13(12-17-3)14-5-2/h13-14H,4-12H2,1-3H3. The quantitative estimate of drug-likeness (QED) is 0.677. The van der Waals surface area contributed by atoms with Gasteiger partial charge in [-0.2, -0.15) is 0 Å². The Balaban J connectivity index is 2.22. The first kappa shape index (κ1) is 14.9. The van der Waals surface area contributed by atoms with Crippen molar-refractivity contribution < 1.29 is 4.74 Å². The molecule has 0 aromatic rings. The Morgan fingerprint density at radius 2 is 1.76 bits per heavy atom. The fraction of sp³-hybridized carbons (Fsp3) is 1.00. The van der Waals surface area contributed by atoms with Gasteiger partial charge in [0.25, 0.3) is 0 Å². The van der Waals surface area contributed by atoms with Crippen LogP contribution < -0.4 is 5.32 Å². The summed E-state index contributed by atoms with van der Waals surface area (Å²) in [5, 5.41) is 3.49. The highest BCUT2D eigenvalue weighted by atomic mass is 16.5. The van der Waals surface area contributed by atoms with Gasteiger partial charge in [-0.15, -0.1) is 0 Å². The summed E-state index contributed by atoms with van der Waals surface area (Å²) >= 11 is 0. The molecule has 1 unspecified atom stereocenters. The number of piperazine rings is 1. The van der Waals surface area contributed by atoms with Gasteiger partial charge in [-0.25, -0.2) is 0 Å². The van der Waals surface area contributed by atoms with Gasteiger partial charge < -0.3 is 15.0 Å². The van der Waals surface area contributed by atoms with Crippen LogP contribution in [-0.4, -0.2) is 75.4 Å². The van der Waals surface area contributed by atoms with Gasteiger partial charge in [-0.3, -0.25) is 4.90 Å². The number of nitrogens with one attached hydrogen (secondary N) is 1. The van der Waals surface area contributed by atoms with E-state index in [2.05, 4.69) is 29.0 Å². The van der Waals surface area contributed by atoms with Crippen LogP contribution in [0.15, 0.2) is 0 Å². The minimum atomic E-state index is 0.475. The summed E-state index contributed by atoms with van der Waals surface area (Å²) in [6.07, 6.45) is 1.27. The summed E-state index contributed by atoms with van der Waals surface area (Å²) in [6.45, 7) is 13.4. The molecule has 0 radical (unpaired) electrons. The molecule has 102 valence electrons. The van der Waals surface area contributed by atoms with Gasteiger partial charge in [0.15, 0.2) is 0 Å². The molecule has 1 atom stereocenters. The van der Waals surface area contributed by atoms with E-state index in [-0.39, 0.29) is 0 Å². The van der Waals surface area contributed by atoms with Crippen LogP contribution in [0, 0.1) is 0 Å². The van der Waals surface area contributed by atoms with Crippen molar-refractivity contribution in [1.29, 1.82) is 0 Å². The SMILES string of the molecule is CCCN1CCN(CC(COC)NCC)CC1. The maximum atomic E-state index is 5.26. The van der Waals surface area contributed by atoms with Crippen LogP contribution in [0.2, 0.25) is 0 Å². The van der Waals surface area contributed by atoms with E-state index >= 15 is 0 Å². The van der Waals surface area contributed by atoms with Gasteiger partial charge in [0, 0.05) is 45.9 Å². The lowest BCUT2D eigenvalue weighted by Gasteiger charge is -2.36. The highest BCUT2D eigenvalue weighted by Gasteiger charge is 2.18. The van der Waals surface area contributed by atoms with Crippen LogP contribution in [0.3, 0.4) is 0 Å². The number of hydrogen-bond acceptors (Lipinski definition) is 4. The van der Waals surface area contributed by atoms with Crippen molar-refractivity contribution in [2.45, 2.75) is 26.3 Å². The normalized spacial score (nSPS) is 20.6. The van der Waals surface area contributed by atoms with E-state index < -0.39 is 0 Å². The number of methoxy groups -OCH3 is 1. The largest absolute Gasteiger partial charge is 0.383 e. The van der Waals surface area contributed by atoms with Crippen molar-refractivity contribution in [3.63, 3.8) is 0 Å². The zero-order chi connectivity index (χ0) is 12.5. The molecule has 1 saturated heterocycles. The molecule has 0 aromatic carbocycles. The number of hydrogen-bond donors (Lipinski definition) is 1. The molecule has 1 rings (SSSR count). The van der Waals surface area contributed by atoms with E-state index in [1.807, 2.05) is 0 Å². The summed E-state index contributed by atoms with van der Waals surface area (Å²) in [4.78, 5) is 5.12. The molecule has 1 fully saturated rings. The van der Waals surface area contributed by atoms with Crippen LogP contribution >= 0.6 is 0 Å². The number of nitrogens with zero attached hydrogens (tertiary/aromatic N) is 2. The van der Waals surface area contributed by atoms with Crippen molar-refractivity contribution in [3.8, 4) is 0 Å². The third kappa shape index (κ3) is 5.82. The lowest BCUT2D eigenvalue weighted by atomic mass is 10.2. The molecule has 0 spiro atoms. The molecule has 1 heterocycles. The van der Waals surface area contributed by atoms with Gasteiger partial charge in [0.1, 0.15) is 0 Å². The first-order valence-corrected chi connectivity index (χ1v) is 6.97. The van der Waals surface area contributed by atoms with Crippen molar-refractivity contribution in [2.24, 2.45) is 0 Å². The zero-order valence-electron chi connectivity index (χ0n) is 11.7. The Morgan fingerprint density at radius 3 is 2.29 bits per heavy atom. The van der Waals surface area contributed by atoms with E-state index in [9.17, 15) is 0 Å². The second kappa shape index (κ2) is 8.86. The topological polar surface area (TPSA) is 27.7 Å². The smallest absolute Gasteiger partial charge is 0.0628 e. The fourth-order valence-corrected chi connectivity index (χ4v) is 2.49. The summed E-state index contributed by atoms with van der Waals surface area (Å²) in [5.41, 5.74) is 0. The fourth-order valence-electron chi connectivity index (χ4n) is 2.49. The highest BCUT2D eigenvalue weighted by molar-refractivity contribution is 4.77. The van der Waals surface area contributed by atoms with Gasteiger partial charge in [0.05, 0.1) is 6.61 Å². The van der Waals surface area contributed by atoms with E-state index in [0.717, 1.165) is 19.7 Å². The summed E-state index contributed by atoms with van der Waals surface area (Å²) in [7, 11) is 1.78. The Morgan fingerprint density at radius 1 is 1.12 bits per heavy atom. The van der Waals surface area contributed by atoms with Crippen molar-refractivity contribution >= 4 is 0 Å². The van der Waals surface area contributed by atoms with Gasteiger partial charge in [-0.05, 0) is 19.5 Å². The van der Waals surface area contributed by atoms with Gasteiger partial charge in [-0.1, -0.05) is 13.8 Å². The van der Waals surface area contributed by atoms with Crippen molar-refractivity contribution in [1.82, 2.24) is 15.1 Å². The monoisotopic (exact) mass is 243 g/mol. The van der Waals surface area contributed by atoms with Crippen molar-refractivity contribution in [3.05, 3.63) is 0 Å². The lowest BCUT2D eigenvalue weighted by Crippen LogP contribution is -2.51. The summed E-state index contributed by atoms with van der Waals surface area (Å²) < 4.78 is 5.26. The second-order valence-corrected chi connectivity index (χ2v) is 4.85. The molecule has 0 amide bonds. The summed E-state index contributed by atoms with van der Waals surface area (Å²) in [6, 6.07) is 0.475. The summed E-state index contributed by atoms with van der Waals surface area (Å²) in [5.74, 6) is 0. The first-order valence-electron chi connectivity index (χ1n) is 6.97. The molecular formula is C13H29N3O.